The summed E-state index contributed by atoms with van der Waals surface area (Å²) in [4.78, 5) is 0. The lowest BCUT2D eigenvalue weighted by atomic mass is 10.1. The third-order valence-corrected chi connectivity index (χ3v) is 2.17. The highest BCUT2D eigenvalue weighted by Crippen LogP contribution is 2.37. The van der Waals surface area contributed by atoms with E-state index in [1.54, 1.807) is 0 Å². The lowest BCUT2D eigenvalue weighted by molar-refractivity contribution is 0.411. The highest BCUT2D eigenvalue weighted by atomic mass is 15.0. The van der Waals surface area contributed by atoms with E-state index in [0.717, 1.165) is 11.8 Å². The van der Waals surface area contributed by atoms with Gasteiger partial charge in [0.15, 0.2) is 0 Å². The average molecular weight is 141 g/mol. The molecule has 0 heterocycles. The second-order valence-electron chi connectivity index (χ2n) is 4.60. The smallest absolute Gasteiger partial charge is 0.00966 e. The second kappa shape index (κ2) is 2.54. The van der Waals surface area contributed by atoms with Crippen LogP contribution < -0.4 is 5.32 Å². The largest absolute Gasteiger partial charge is 0.312 e. The lowest BCUT2D eigenvalue weighted by Gasteiger charge is -2.20. The van der Waals surface area contributed by atoms with Gasteiger partial charge in [-0.3, -0.25) is 0 Å². The third kappa shape index (κ3) is 2.70. The van der Waals surface area contributed by atoms with E-state index < -0.39 is 0 Å². The molecule has 1 aliphatic rings. The molecule has 2 unspecified atom stereocenters. The lowest BCUT2D eigenvalue weighted by Crippen LogP contribution is -2.37. The summed E-state index contributed by atoms with van der Waals surface area (Å²) < 4.78 is 0. The number of nitrogens with one attached hydrogen (secondary N) is 1. The van der Waals surface area contributed by atoms with E-state index in [1.165, 1.54) is 13.0 Å². The molecule has 60 valence electrons. The molecule has 1 fully saturated rings. The Morgan fingerprint density at radius 1 is 1.40 bits per heavy atom. The Bertz CT molecular complexity index is 112. The maximum Gasteiger partial charge on any atom is 0.00966 e. The van der Waals surface area contributed by atoms with Crippen molar-refractivity contribution in [2.45, 2.75) is 39.7 Å². The summed E-state index contributed by atoms with van der Waals surface area (Å²) in [6.45, 7) is 10.2. The molecule has 2 atom stereocenters. The first kappa shape index (κ1) is 8.06. The van der Waals surface area contributed by atoms with Gasteiger partial charge in [0.2, 0.25) is 0 Å². The van der Waals surface area contributed by atoms with E-state index >= 15 is 0 Å². The maximum atomic E-state index is 3.51. The van der Waals surface area contributed by atoms with Gasteiger partial charge in [0, 0.05) is 5.54 Å². The van der Waals surface area contributed by atoms with Gasteiger partial charge in [-0.15, -0.1) is 0 Å². The molecule has 0 aromatic heterocycles. The highest BCUT2D eigenvalue weighted by molar-refractivity contribution is 4.86. The molecular weight excluding hydrogens is 122 g/mol. The summed E-state index contributed by atoms with van der Waals surface area (Å²) in [7, 11) is 0. The Balaban J connectivity index is 2.06. The minimum Gasteiger partial charge on any atom is -0.312 e. The first-order chi connectivity index (χ1) is 4.49. The summed E-state index contributed by atoms with van der Waals surface area (Å²) >= 11 is 0. The van der Waals surface area contributed by atoms with E-state index in [-0.39, 0.29) is 0 Å². The van der Waals surface area contributed by atoms with Crippen LogP contribution in [-0.4, -0.2) is 12.1 Å². The second-order valence-corrected chi connectivity index (χ2v) is 4.60. The van der Waals surface area contributed by atoms with Crippen molar-refractivity contribution in [3.8, 4) is 0 Å². The molecule has 0 bridgehead atoms. The summed E-state index contributed by atoms with van der Waals surface area (Å²) in [5.41, 5.74) is 0.308. The van der Waals surface area contributed by atoms with E-state index in [4.69, 9.17) is 0 Å². The van der Waals surface area contributed by atoms with Gasteiger partial charge in [0.05, 0.1) is 0 Å². The van der Waals surface area contributed by atoms with Crippen LogP contribution in [0.1, 0.15) is 34.1 Å². The predicted molar refractivity (Wildman–Crippen MR) is 45.0 cm³/mol. The average Bonchev–Trinajstić information content (AvgIpc) is 2.40. The number of rotatable bonds is 2. The Kier molecular flexibility index (Phi) is 2.04. The fourth-order valence-electron chi connectivity index (χ4n) is 1.12. The minimum absolute atomic E-state index is 0.308. The molecule has 1 saturated carbocycles. The molecule has 0 radical (unpaired) electrons. The SMILES string of the molecule is CC1CC1CNC(C)(C)C. The Morgan fingerprint density at radius 3 is 2.20 bits per heavy atom. The first-order valence-electron chi connectivity index (χ1n) is 4.24. The minimum atomic E-state index is 0.308. The van der Waals surface area contributed by atoms with Gasteiger partial charge in [-0.25, -0.2) is 0 Å². The normalized spacial score (nSPS) is 32.4. The van der Waals surface area contributed by atoms with Crippen molar-refractivity contribution in [1.82, 2.24) is 5.32 Å². The van der Waals surface area contributed by atoms with E-state index in [0.29, 0.717) is 5.54 Å². The van der Waals surface area contributed by atoms with Gasteiger partial charge >= 0.3 is 0 Å². The van der Waals surface area contributed by atoms with E-state index in [9.17, 15) is 0 Å². The van der Waals surface area contributed by atoms with Crippen LogP contribution in [0.5, 0.6) is 0 Å². The van der Waals surface area contributed by atoms with Crippen molar-refractivity contribution in [2.75, 3.05) is 6.54 Å². The fraction of sp³-hybridized carbons (Fsp3) is 1.00. The molecule has 1 heteroatoms. The van der Waals surface area contributed by atoms with E-state index in [1.807, 2.05) is 0 Å². The molecule has 0 aromatic rings. The van der Waals surface area contributed by atoms with Crippen LogP contribution in [-0.2, 0) is 0 Å². The van der Waals surface area contributed by atoms with Crippen molar-refractivity contribution in [1.29, 1.82) is 0 Å². The van der Waals surface area contributed by atoms with Crippen LogP contribution in [0.4, 0.5) is 0 Å². The third-order valence-electron chi connectivity index (χ3n) is 2.17. The van der Waals surface area contributed by atoms with Crippen molar-refractivity contribution in [2.24, 2.45) is 11.8 Å². The molecule has 10 heavy (non-hydrogen) atoms. The van der Waals surface area contributed by atoms with Crippen LogP contribution in [0.3, 0.4) is 0 Å². The fourth-order valence-corrected chi connectivity index (χ4v) is 1.12. The topological polar surface area (TPSA) is 12.0 Å². The summed E-state index contributed by atoms with van der Waals surface area (Å²) in [5, 5.41) is 3.51. The molecule has 0 saturated heterocycles. The Labute approximate surface area is 64.2 Å². The molecule has 0 aliphatic heterocycles. The van der Waals surface area contributed by atoms with Crippen LogP contribution in [0.2, 0.25) is 0 Å². The first-order valence-corrected chi connectivity index (χ1v) is 4.24. The number of hydrogen-bond acceptors (Lipinski definition) is 1. The van der Waals surface area contributed by atoms with Crippen LogP contribution in [0.15, 0.2) is 0 Å². The predicted octanol–water partition coefficient (Wildman–Crippen LogP) is 2.03. The van der Waals surface area contributed by atoms with Crippen LogP contribution in [0, 0.1) is 11.8 Å². The van der Waals surface area contributed by atoms with Gasteiger partial charge in [-0.05, 0) is 45.6 Å². The van der Waals surface area contributed by atoms with Gasteiger partial charge < -0.3 is 5.32 Å². The molecule has 0 amide bonds. The molecule has 1 aliphatic carbocycles. The summed E-state index contributed by atoms with van der Waals surface area (Å²) in [5.74, 6) is 1.95. The van der Waals surface area contributed by atoms with Gasteiger partial charge in [0.25, 0.3) is 0 Å². The van der Waals surface area contributed by atoms with Crippen LogP contribution in [0.25, 0.3) is 0 Å². The molecular formula is C9H19N. The van der Waals surface area contributed by atoms with Crippen molar-refractivity contribution in [3.05, 3.63) is 0 Å². The summed E-state index contributed by atoms with van der Waals surface area (Å²) in [6.07, 6.45) is 1.43. The van der Waals surface area contributed by atoms with E-state index in [2.05, 4.69) is 33.0 Å². The quantitative estimate of drug-likeness (QED) is 0.620. The number of hydrogen-bond donors (Lipinski definition) is 1. The standard InChI is InChI=1S/C9H19N/c1-7-5-8(7)6-10-9(2,3)4/h7-8,10H,5-6H2,1-4H3. The molecule has 1 N–H and O–H groups in total. The zero-order valence-corrected chi connectivity index (χ0v) is 7.57. The van der Waals surface area contributed by atoms with Crippen molar-refractivity contribution < 1.29 is 0 Å². The van der Waals surface area contributed by atoms with Crippen molar-refractivity contribution >= 4 is 0 Å². The van der Waals surface area contributed by atoms with Gasteiger partial charge in [-0.1, -0.05) is 6.92 Å². The zero-order chi connectivity index (χ0) is 7.78. The molecule has 1 nitrogen and oxygen atoms in total. The zero-order valence-electron chi connectivity index (χ0n) is 7.57. The van der Waals surface area contributed by atoms with Crippen molar-refractivity contribution in [3.63, 3.8) is 0 Å². The molecule has 0 spiro atoms. The molecule has 1 rings (SSSR count). The molecule has 0 aromatic carbocycles. The monoisotopic (exact) mass is 141 g/mol. The maximum absolute atomic E-state index is 3.51. The Hall–Kier alpha value is -0.0400. The Morgan fingerprint density at radius 2 is 1.90 bits per heavy atom. The van der Waals surface area contributed by atoms with Crippen LogP contribution >= 0.6 is 0 Å². The van der Waals surface area contributed by atoms with Gasteiger partial charge in [-0.2, -0.15) is 0 Å². The highest BCUT2D eigenvalue weighted by Gasteiger charge is 2.32. The summed E-state index contributed by atoms with van der Waals surface area (Å²) in [6, 6.07) is 0. The van der Waals surface area contributed by atoms with Gasteiger partial charge in [0.1, 0.15) is 0 Å².